The second-order valence-electron chi connectivity index (χ2n) is 4.97. The Hall–Kier alpha value is -1.98. The highest BCUT2D eigenvalue weighted by Crippen LogP contribution is 2.30. The summed E-state index contributed by atoms with van der Waals surface area (Å²) in [5, 5.41) is 2.58. The second-order valence-corrected chi connectivity index (χ2v) is 6.39. The van der Waals surface area contributed by atoms with Gasteiger partial charge in [0.25, 0.3) is 11.1 Å². The van der Waals surface area contributed by atoms with Gasteiger partial charge in [-0.1, -0.05) is 23.7 Å². The molecule has 1 saturated heterocycles. The first-order valence-electron chi connectivity index (χ1n) is 6.66. The molecule has 1 aromatic heterocycles. The van der Waals surface area contributed by atoms with Gasteiger partial charge in [0.05, 0.1) is 15.6 Å². The van der Waals surface area contributed by atoms with Gasteiger partial charge in [-0.2, -0.15) is 0 Å². The predicted molar refractivity (Wildman–Crippen MR) is 89.4 cm³/mol. The summed E-state index contributed by atoms with van der Waals surface area (Å²) in [5.74, 6) is -0.349. The number of rotatable bonds is 2. The molecule has 2 amide bonds. The number of benzene rings is 1. The zero-order valence-electron chi connectivity index (χ0n) is 12.0. The number of hydrogen-bond acceptors (Lipinski definition) is 3. The summed E-state index contributed by atoms with van der Waals surface area (Å²) in [4.78, 5) is 23.3. The van der Waals surface area contributed by atoms with Gasteiger partial charge in [0.15, 0.2) is 0 Å². The minimum absolute atomic E-state index is 0.337. The molecule has 2 heterocycles. The van der Waals surface area contributed by atoms with Gasteiger partial charge in [-0.25, -0.2) is 0 Å². The lowest BCUT2D eigenvalue weighted by atomic mass is 10.2. The van der Waals surface area contributed by atoms with Crippen LogP contribution in [0.1, 0.15) is 17.0 Å². The van der Waals surface area contributed by atoms with E-state index >= 15 is 0 Å². The number of halogens is 1. The number of para-hydroxylation sites is 1. The molecule has 0 unspecified atom stereocenters. The van der Waals surface area contributed by atoms with E-state index in [0.717, 1.165) is 34.4 Å². The normalized spacial score (nSPS) is 16.4. The lowest BCUT2D eigenvalue weighted by molar-refractivity contribution is -0.115. The number of carbonyl (C=O) groups is 2. The largest absolute Gasteiger partial charge is 0.316 e. The molecule has 1 aliphatic rings. The predicted octanol–water partition coefficient (Wildman–Crippen LogP) is 4.07. The number of amides is 2. The molecule has 1 N–H and O–H groups in total. The van der Waals surface area contributed by atoms with Gasteiger partial charge in [-0.15, -0.1) is 0 Å². The molecular formula is C16H13ClN2O2S. The molecule has 1 aromatic carbocycles. The fourth-order valence-corrected chi connectivity index (χ4v) is 3.39. The Bertz CT molecular complexity index is 824. The van der Waals surface area contributed by atoms with Gasteiger partial charge < -0.3 is 4.57 Å². The topological polar surface area (TPSA) is 51.1 Å². The quantitative estimate of drug-likeness (QED) is 0.843. The molecule has 1 aliphatic heterocycles. The van der Waals surface area contributed by atoms with Crippen LogP contribution in [0.4, 0.5) is 4.79 Å². The molecule has 0 saturated carbocycles. The number of nitrogens with zero attached hydrogens (tertiary/aromatic N) is 1. The van der Waals surface area contributed by atoms with Gasteiger partial charge in [0, 0.05) is 11.4 Å². The van der Waals surface area contributed by atoms with Crippen molar-refractivity contribution >= 4 is 40.6 Å². The second kappa shape index (κ2) is 5.66. The molecular weight excluding hydrogens is 320 g/mol. The van der Waals surface area contributed by atoms with Crippen molar-refractivity contribution in [1.29, 1.82) is 0 Å². The molecule has 112 valence electrons. The zero-order valence-corrected chi connectivity index (χ0v) is 13.6. The van der Waals surface area contributed by atoms with E-state index in [-0.39, 0.29) is 11.1 Å². The number of aromatic nitrogens is 1. The van der Waals surface area contributed by atoms with E-state index in [4.69, 9.17) is 11.6 Å². The number of imide groups is 1. The Morgan fingerprint density at radius 1 is 1.23 bits per heavy atom. The van der Waals surface area contributed by atoms with E-state index in [2.05, 4.69) is 5.32 Å². The minimum atomic E-state index is -0.349. The Morgan fingerprint density at radius 2 is 1.95 bits per heavy atom. The van der Waals surface area contributed by atoms with E-state index < -0.39 is 0 Å². The van der Waals surface area contributed by atoms with Crippen LogP contribution < -0.4 is 5.32 Å². The van der Waals surface area contributed by atoms with Crippen molar-refractivity contribution in [1.82, 2.24) is 9.88 Å². The smallest absolute Gasteiger partial charge is 0.290 e. The first kappa shape index (κ1) is 14.9. The molecule has 3 rings (SSSR count). The number of thioether (sulfide) groups is 1. The van der Waals surface area contributed by atoms with Crippen molar-refractivity contribution in [3.8, 4) is 5.69 Å². The summed E-state index contributed by atoms with van der Waals surface area (Å²) in [5.41, 5.74) is 3.76. The van der Waals surface area contributed by atoms with Crippen LogP contribution in [0, 0.1) is 13.8 Å². The minimum Gasteiger partial charge on any atom is -0.316 e. The number of hydrogen-bond donors (Lipinski definition) is 1. The van der Waals surface area contributed by atoms with E-state index in [1.807, 2.05) is 48.7 Å². The fourth-order valence-electron chi connectivity index (χ4n) is 2.50. The van der Waals surface area contributed by atoms with Crippen LogP contribution in [0.25, 0.3) is 11.8 Å². The maximum Gasteiger partial charge on any atom is 0.290 e. The molecule has 0 spiro atoms. The number of nitrogens with one attached hydrogen (secondary N) is 1. The van der Waals surface area contributed by atoms with E-state index in [9.17, 15) is 9.59 Å². The van der Waals surface area contributed by atoms with Crippen LogP contribution in [0.2, 0.25) is 5.02 Å². The van der Waals surface area contributed by atoms with Crippen molar-refractivity contribution in [2.45, 2.75) is 13.8 Å². The summed E-state index contributed by atoms with van der Waals surface area (Å²) in [6, 6.07) is 9.57. The first-order valence-corrected chi connectivity index (χ1v) is 7.85. The van der Waals surface area contributed by atoms with Crippen molar-refractivity contribution < 1.29 is 9.59 Å². The van der Waals surface area contributed by atoms with Crippen LogP contribution in [0.15, 0.2) is 35.2 Å². The fraction of sp³-hybridized carbons (Fsp3) is 0.125. The SMILES string of the molecule is Cc1cc(/C=C2\SC(=O)NC2=O)c(C)n1-c1ccccc1Cl. The third-order valence-corrected chi connectivity index (χ3v) is 4.62. The van der Waals surface area contributed by atoms with Crippen molar-refractivity contribution in [3.63, 3.8) is 0 Å². The van der Waals surface area contributed by atoms with Gasteiger partial charge in [-0.05, 0) is 55.4 Å². The molecule has 22 heavy (non-hydrogen) atoms. The molecule has 0 aliphatic carbocycles. The maximum absolute atomic E-state index is 11.7. The van der Waals surface area contributed by atoms with Crippen LogP contribution in [-0.4, -0.2) is 15.7 Å². The van der Waals surface area contributed by atoms with Crippen LogP contribution in [0.5, 0.6) is 0 Å². The van der Waals surface area contributed by atoms with E-state index in [1.165, 1.54) is 0 Å². The van der Waals surface area contributed by atoms with Crippen molar-refractivity contribution in [2.24, 2.45) is 0 Å². The zero-order chi connectivity index (χ0) is 15.9. The van der Waals surface area contributed by atoms with Gasteiger partial charge in [0.2, 0.25) is 0 Å². The van der Waals surface area contributed by atoms with Gasteiger partial charge in [0.1, 0.15) is 0 Å². The number of aryl methyl sites for hydroxylation is 1. The highest BCUT2D eigenvalue weighted by Gasteiger charge is 2.25. The third kappa shape index (κ3) is 2.58. The maximum atomic E-state index is 11.7. The average Bonchev–Trinajstić information content (AvgIpc) is 2.91. The summed E-state index contributed by atoms with van der Waals surface area (Å²) in [6.07, 6.45) is 1.74. The molecule has 2 aromatic rings. The van der Waals surface area contributed by atoms with E-state index in [1.54, 1.807) is 6.08 Å². The Labute approximate surface area is 137 Å². The van der Waals surface area contributed by atoms with Gasteiger partial charge in [-0.3, -0.25) is 14.9 Å². The summed E-state index contributed by atoms with van der Waals surface area (Å²) in [7, 11) is 0. The summed E-state index contributed by atoms with van der Waals surface area (Å²) < 4.78 is 2.04. The molecule has 0 atom stereocenters. The first-order chi connectivity index (χ1) is 10.5. The van der Waals surface area contributed by atoms with E-state index in [0.29, 0.717) is 9.93 Å². The lowest BCUT2D eigenvalue weighted by Crippen LogP contribution is -2.17. The summed E-state index contributed by atoms with van der Waals surface area (Å²) in [6.45, 7) is 3.94. The third-order valence-electron chi connectivity index (χ3n) is 3.49. The highest BCUT2D eigenvalue weighted by atomic mass is 35.5. The molecule has 0 radical (unpaired) electrons. The summed E-state index contributed by atoms with van der Waals surface area (Å²) >= 11 is 7.19. The average molecular weight is 333 g/mol. The Morgan fingerprint density at radius 3 is 2.59 bits per heavy atom. The van der Waals surface area contributed by atoms with Crippen LogP contribution >= 0.6 is 23.4 Å². The monoisotopic (exact) mass is 332 g/mol. The van der Waals surface area contributed by atoms with Crippen molar-refractivity contribution in [3.05, 3.63) is 57.2 Å². The lowest BCUT2D eigenvalue weighted by Gasteiger charge is -2.11. The molecule has 4 nitrogen and oxygen atoms in total. The standard InChI is InChI=1S/C16H13ClN2O2S/c1-9-7-11(8-14-15(20)18-16(21)22-14)10(2)19(9)13-6-4-3-5-12(13)17/h3-8H,1-2H3,(H,18,20,21)/b14-8-. The van der Waals surface area contributed by atoms with Crippen LogP contribution in [-0.2, 0) is 4.79 Å². The molecule has 6 heteroatoms. The van der Waals surface area contributed by atoms with Crippen molar-refractivity contribution in [2.75, 3.05) is 0 Å². The molecule has 1 fully saturated rings. The Kier molecular flexibility index (Phi) is 3.85. The Balaban J connectivity index is 2.09. The molecule has 0 bridgehead atoms. The highest BCUT2D eigenvalue weighted by molar-refractivity contribution is 8.18. The van der Waals surface area contributed by atoms with Crippen LogP contribution in [0.3, 0.4) is 0 Å². The van der Waals surface area contributed by atoms with Gasteiger partial charge >= 0.3 is 0 Å². The number of carbonyl (C=O) groups excluding carboxylic acids is 2.